The lowest BCUT2D eigenvalue weighted by molar-refractivity contribution is -0.137. The summed E-state index contributed by atoms with van der Waals surface area (Å²) in [6, 6.07) is 5.10. The summed E-state index contributed by atoms with van der Waals surface area (Å²) >= 11 is 0. The van der Waals surface area contributed by atoms with Gasteiger partial charge in [0.1, 0.15) is 0 Å². The Bertz CT molecular complexity index is 403. The van der Waals surface area contributed by atoms with E-state index in [0.717, 1.165) is 24.2 Å². The van der Waals surface area contributed by atoms with Crippen LogP contribution in [-0.4, -0.2) is 0 Å². The van der Waals surface area contributed by atoms with E-state index in [2.05, 4.69) is 0 Å². The average molecular weight is 225 g/mol. The maximum Gasteiger partial charge on any atom is 0.416 e. The summed E-state index contributed by atoms with van der Waals surface area (Å²) in [4.78, 5) is 1.78. The van der Waals surface area contributed by atoms with Gasteiger partial charge in [-0.25, -0.2) is 0 Å². The molecule has 4 heteroatoms. The molecule has 2 rings (SSSR count). The van der Waals surface area contributed by atoms with Gasteiger partial charge in [0.2, 0.25) is 0 Å². The monoisotopic (exact) mass is 225 g/mol. The van der Waals surface area contributed by atoms with Crippen LogP contribution in [0.3, 0.4) is 0 Å². The van der Waals surface area contributed by atoms with Crippen molar-refractivity contribution in [1.82, 2.24) is 0 Å². The second-order valence-corrected chi connectivity index (χ2v) is 3.46. The third kappa shape index (κ3) is 2.27. The standard InChI is InChI=1S/C12H10F3N/c13-12(14,15)10-4-6-11(7-5-10)16-8-2-1-3-9-16/h2-9H,1H2. The number of allylic oxidation sites excluding steroid dienone is 2. The van der Waals surface area contributed by atoms with Crippen molar-refractivity contribution in [2.75, 3.05) is 4.90 Å². The van der Waals surface area contributed by atoms with Gasteiger partial charge in [-0.2, -0.15) is 13.2 Å². The highest BCUT2D eigenvalue weighted by atomic mass is 19.4. The van der Waals surface area contributed by atoms with Crippen LogP contribution in [0.25, 0.3) is 0 Å². The Morgan fingerprint density at radius 2 is 1.50 bits per heavy atom. The highest BCUT2D eigenvalue weighted by Gasteiger charge is 2.30. The molecule has 0 amide bonds. The zero-order chi connectivity index (χ0) is 11.6. The van der Waals surface area contributed by atoms with Crippen LogP contribution in [0.4, 0.5) is 18.9 Å². The summed E-state index contributed by atoms with van der Waals surface area (Å²) in [5, 5.41) is 0. The Hall–Kier alpha value is -1.71. The van der Waals surface area contributed by atoms with Crippen LogP contribution < -0.4 is 4.90 Å². The van der Waals surface area contributed by atoms with Gasteiger partial charge in [0.25, 0.3) is 0 Å². The van der Waals surface area contributed by atoms with Crippen LogP contribution in [0.1, 0.15) is 12.0 Å². The summed E-state index contributed by atoms with van der Waals surface area (Å²) < 4.78 is 37.0. The van der Waals surface area contributed by atoms with Crippen LogP contribution in [0.15, 0.2) is 48.8 Å². The van der Waals surface area contributed by atoms with Crippen molar-refractivity contribution in [2.45, 2.75) is 12.6 Å². The van der Waals surface area contributed by atoms with Gasteiger partial charge in [-0.1, -0.05) is 12.2 Å². The van der Waals surface area contributed by atoms with Crippen LogP contribution in [0.2, 0.25) is 0 Å². The molecule has 0 spiro atoms. The predicted octanol–water partition coefficient (Wildman–Crippen LogP) is 3.94. The zero-order valence-electron chi connectivity index (χ0n) is 8.41. The number of hydrogen-bond donors (Lipinski definition) is 0. The second-order valence-electron chi connectivity index (χ2n) is 3.46. The van der Waals surface area contributed by atoms with Crippen LogP contribution in [-0.2, 0) is 6.18 Å². The Morgan fingerprint density at radius 3 is 2.00 bits per heavy atom. The molecule has 0 N–H and O–H groups in total. The van der Waals surface area contributed by atoms with E-state index in [9.17, 15) is 13.2 Å². The van der Waals surface area contributed by atoms with E-state index in [1.165, 1.54) is 12.1 Å². The molecule has 1 heterocycles. The topological polar surface area (TPSA) is 3.24 Å². The molecule has 0 radical (unpaired) electrons. The molecule has 1 aromatic carbocycles. The summed E-state index contributed by atoms with van der Waals surface area (Å²) in [6.45, 7) is 0. The Kier molecular flexibility index (Phi) is 2.73. The van der Waals surface area contributed by atoms with Gasteiger partial charge in [-0.15, -0.1) is 0 Å². The maximum atomic E-state index is 12.3. The zero-order valence-corrected chi connectivity index (χ0v) is 8.41. The first-order chi connectivity index (χ1) is 7.57. The van der Waals surface area contributed by atoms with Gasteiger partial charge in [0, 0.05) is 18.1 Å². The number of anilines is 1. The fourth-order valence-electron chi connectivity index (χ4n) is 1.47. The third-order valence-corrected chi connectivity index (χ3v) is 2.30. The van der Waals surface area contributed by atoms with Gasteiger partial charge >= 0.3 is 6.18 Å². The summed E-state index contributed by atoms with van der Waals surface area (Å²) in [7, 11) is 0. The Labute approximate surface area is 91.5 Å². The van der Waals surface area contributed by atoms with Crippen molar-refractivity contribution < 1.29 is 13.2 Å². The van der Waals surface area contributed by atoms with Crippen molar-refractivity contribution in [3.05, 3.63) is 54.4 Å². The molecule has 1 aliphatic heterocycles. The number of alkyl halides is 3. The lowest BCUT2D eigenvalue weighted by Gasteiger charge is -2.18. The van der Waals surface area contributed by atoms with Gasteiger partial charge < -0.3 is 4.90 Å². The lowest BCUT2D eigenvalue weighted by atomic mass is 10.2. The van der Waals surface area contributed by atoms with E-state index in [4.69, 9.17) is 0 Å². The van der Waals surface area contributed by atoms with Crippen molar-refractivity contribution in [3.63, 3.8) is 0 Å². The molecule has 0 fully saturated rings. The number of benzene rings is 1. The second kappa shape index (κ2) is 4.04. The molecule has 0 saturated carbocycles. The summed E-state index contributed by atoms with van der Waals surface area (Å²) in [5.74, 6) is 0. The van der Waals surface area contributed by atoms with Gasteiger partial charge in [-0.3, -0.25) is 0 Å². The van der Waals surface area contributed by atoms with E-state index < -0.39 is 11.7 Å². The molecule has 16 heavy (non-hydrogen) atoms. The minimum Gasteiger partial charge on any atom is -0.324 e. The van der Waals surface area contributed by atoms with Crippen molar-refractivity contribution >= 4 is 5.69 Å². The highest BCUT2D eigenvalue weighted by Crippen LogP contribution is 2.30. The Balaban J connectivity index is 2.22. The molecular formula is C12H10F3N. The summed E-state index contributed by atoms with van der Waals surface area (Å²) in [6.07, 6.45) is 4.14. The van der Waals surface area contributed by atoms with E-state index >= 15 is 0 Å². The molecule has 1 aliphatic rings. The molecular weight excluding hydrogens is 215 g/mol. The minimum atomic E-state index is -4.27. The fourth-order valence-corrected chi connectivity index (χ4v) is 1.47. The van der Waals surface area contributed by atoms with Gasteiger partial charge in [0.15, 0.2) is 0 Å². The van der Waals surface area contributed by atoms with Crippen LogP contribution >= 0.6 is 0 Å². The number of hydrogen-bond acceptors (Lipinski definition) is 1. The molecule has 0 aliphatic carbocycles. The number of rotatable bonds is 1. The quantitative estimate of drug-likeness (QED) is 0.699. The highest BCUT2D eigenvalue weighted by molar-refractivity contribution is 5.54. The molecule has 0 aromatic heterocycles. The number of nitrogens with zero attached hydrogens (tertiary/aromatic N) is 1. The molecule has 0 atom stereocenters. The van der Waals surface area contributed by atoms with Crippen LogP contribution in [0.5, 0.6) is 0 Å². The maximum absolute atomic E-state index is 12.3. The van der Waals surface area contributed by atoms with Gasteiger partial charge in [-0.05, 0) is 30.7 Å². The van der Waals surface area contributed by atoms with Crippen molar-refractivity contribution in [1.29, 1.82) is 0 Å². The molecule has 1 nitrogen and oxygen atoms in total. The molecule has 0 unspecified atom stereocenters. The van der Waals surface area contributed by atoms with E-state index in [1.807, 2.05) is 24.6 Å². The van der Waals surface area contributed by atoms with E-state index in [1.54, 1.807) is 4.90 Å². The predicted molar refractivity (Wildman–Crippen MR) is 56.8 cm³/mol. The number of halogens is 3. The fraction of sp³-hybridized carbons (Fsp3) is 0.167. The lowest BCUT2D eigenvalue weighted by Crippen LogP contribution is -2.10. The smallest absolute Gasteiger partial charge is 0.324 e. The molecule has 1 aromatic rings. The first-order valence-electron chi connectivity index (χ1n) is 4.86. The first kappa shape index (κ1) is 10.8. The van der Waals surface area contributed by atoms with E-state index in [-0.39, 0.29) is 0 Å². The minimum absolute atomic E-state index is 0.624. The first-order valence-corrected chi connectivity index (χ1v) is 4.86. The molecule has 84 valence electrons. The Morgan fingerprint density at radius 1 is 0.938 bits per heavy atom. The van der Waals surface area contributed by atoms with E-state index in [0.29, 0.717) is 0 Å². The molecule has 0 bridgehead atoms. The van der Waals surface area contributed by atoms with Gasteiger partial charge in [0.05, 0.1) is 5.56 Å². The van der Waals surface area contributed by atoms with Crippen molar-refractivity contribution in [3.8, 4) is 0 Å². The average Bonchev–Trinajstić information content (AvgIpc) is 2.29. The SMILES string of the molecule is FC(F)(F)c1ccc(N2C=CCC=C2)cc1. The largest absolute Gasteiger partial charge is 0.416 e. The summed E-state index contributed by atoms with van der Waals surface area (Å²) in [5.41, 5.74) is 0.0985. The van der Waals surface area contributed by atoms with Crippen molar-refractivity contribution in [2.24, 2.45) is 0 Å². The third-order valence-electron chi connectivity index (χ3n) is 2.30. The van der Waals surface area contributed by atoms with Crippen LogP contribution in [0, 0.1) is 0 Å². The normalized spacial score (nSPS) is 15.6. The molecule has 0 saturated heterocycles.